The van der Waals surface area contributed by atoms with E-state index in [-0.39, 0.29) is 19.0 Å². The van der Waals surface area contributed by atoms with E-state index in [0.717, 1.165) is 13.0 Å². The van der Waals surface area contributed by atoms with Crippen molar-refractivity contribution in [1.82, 2.24) is 16.0 Å². The monoisotopic (exact) mass is 273 g/mol. The first-order valence-electron chi connectivity index (χ1n) is 6.61. The zero-order valence-electron chi connectivity index (χ0n) is 11.3. The molecule has 1 fully saturated rings. The van der Waals surface area contributed by atoms with E-state index in [1.807, 2.05) is 0 Å². The van der Waals surface area contributed by atoms with Crippen LogP contribution in [0.15, 0.2) is 0 Å². The summed E-state index contributed by atoms with van der Waals surface area (Å²) in [4.78, 5) is 21.9. The number of carbonyl (C=O) groups is 2. The molecule has 1 saturated carbocycles. The Kier molecular flexibility index (Phi) is 7.20. The molecule has 1 aliphatic carbocycles. The highest BCUT2D eigenvalue weighted by molar-refractivity contribution is 5.74. The maximum Gasteiger partial charge on any atom is 0.314 e. The zero-order chi connectivity index (χ0) is 14.1. The topological polar surface area (TPSA) is 99.7 Å². The normalized spacial score (nSPS) is 15.8. The van der Waals surface area contributed by atoms with Gasteiger partial charge in [0.05, 0.1) is 12.5 Å². The second-order valence-electron chi connectivity index (χ2n) is 4.67. The highest BCUT2D eigenvalue weighted by Gasteiger charge is 2.19. The minimum Gasteiger partial charge on any atom is -0.481 e. The van der Waals surface area contributed by atoms with Crippen molar-refractivity contribution in [3.05, 3.63) is 0 Å². The summed E-state index contributed by atoms with van der Waals surface area (Å²) >= 11 is 0. The zero-order valence-corrected chi connectivity index (χ0v) is 11.3. The van der Waals surface area contributed by atoms with Gasteiger partial charge in [-0.15, -0.1) is 0 Å². The third-order valence-corrected chi connectivity index (χ3v) is 2.88. The highest BCUT2D eigenvalue weighted by Crippen LogP contribution is 2.18. The van der Waals surface area contributed by atoms with Gasteiger partial charge in [0, 0.05) is 26.2 Å². The fourth-order valence-electron chi connectivity index (χ4n) is 1.59. The molecular weight excluding hydrogens is 250 g/mol. The van der Waals surface area contributed by atoms with E-state index in [9.17, 15) is 9.59 Å². The number of rotatable bonds is 10. The third kappa shape index (κ3) is 8.39. The van der Waals surface area contributed by atoms with E-state index in [0.29, 0.717) is 12.6 Å². The van der Waals surface area contributed by atoms with Gasteiger partial charge >= 0.3 is 12.0 Å². The van der Waals surface area contributed by atoms with Crippen LogP contribution in [0.4, 0.5) is 4.79 Å². The molecule has 0 spiro atoms. The summed E-state index contributed by atoms with van der Waals surface area (Å²) in [5.74, 6) is -0.944. The van der Waals surface area contributed by atoms with E-state index in [4.69, 9.17) is 9.84 Å². The lowest BCUT2D eigenvalue weighted by molar-refractivity contribution is -0.139. The average molecular weight is 273 g/mol. The standard InChI is InChI=1S/C12H23N3O4/c1-19-10(7-11(16)17)8-15-12(18)14-6-2-5-13-9-3-4-9/h9-10,13H,2-8H2,1H3,(H,16,17)(H2,14,15,18). The average Bonchev–Trinajstić information content (AvgIpc) is 3.17. The first-order chi connectivity index (χ1) is 9.11. The van der Waals surface area contributed by atoms with Gasteiger partial charge in [-0.1, -0.05) is 0 Å². The number of hydrogen-bond donors (Lipinski definition) is 4. The second-order valence-corrected chi connectivity index (χ2v) is 4.67. The minimum atomic E-state index is -0.944. The van der Waals surface area contributed by atoms with E-state index in [1.54, 1.807) is 0 Å². The van der Waals surface area contributed by atoms with Crippen LogP contribution in [0.5, 0.6) is 0 Å². The molecule has 0 aromatic rings. The van der Waals surface area contributed by atoms with Crippen molar-refractivity contribution in [1.29, 1.82) is 0 Å². The number of amides is 2. The molecule has 1 unspecified atom stereocenters. The Morgan fingerprint density at radius 3 is 2.63 bits per heavy atom. The third-order valence-electron chi connectivity index (χ3n) is 2.88. The first kappa shape index (κ1) is 15.7. The fourth-order valence-corrected chi connectivity index (χ4v) is 1.59. The molecule has 0 radical (unpaired) electrons. The summed E-state index contributed by atoms with van der Waals surface area (Å²) in [6.07, 6.45) is 2.78. The summed E-state index contributed by atoms with van der Waals surface area (Å²) in [5.41, 5.74) is 0. The van der Waals surface area contributed by atoms with Gasteiger partial charge in [0.1, 0.15) is 0 Å². The van der Waals surface area contributed by atoms with Gasteiger partial charge in [-0.25, -0.2) is 4.79 Å². The van der Waals surface area contributed by atoms with Crippen LogP contribution < -0.4 is 16.0 Å². The van der Waals surface area contributed by atoms with Crippen LogP contribution >= 0.6 is 0 Å². The smallest absolute Gasteiger partial charge is 0.314 e. The maximum atomic E-state index is 11.4. The van der Waals surface area contributed by atoms with Crippen LogP contribution in [0.1, 0.15) is 25.7 Å². The van der Waals surface area contributed by atoms with Crippen LogP contribution in [-0.4, -0.2) is 56.0 Å². The first-order valence-corrected chi connectivity index (χ1v) is 6.61. The number of hydrogen-bond acceptors (Lipinski definition) is 4. The molecule has 1 atom stereocenters. The Hall–Kier alpha value is -1.34. The molecule has 4 N–H and O–H groups in total. The number of carboxylic acids is 1. The number of carboxylic acid groups (broad SMARTS) is 1. The molecule has 0 heterocycles. The molecule has 1 rings (SSSR count). The summed E-state index contributed by atoms with van der Waals surface area (Å²) in [7, 11) is 1.43. The Morgan fingerprint density at radius 2 is 2.05 bits per heavy atom. The lowest BCUT2D eigenvalue weighted by Crippen LogP contribution is -2.41. The molecule has 0 bridgehead atoms. The molecule has 2 amide bonds. The molecule has 1 aliphatic rings. The largest absolute Gasteiger partial charge is 0.481 e. The summed E-state index contributed by atoms with van der Waals surface area (Å²) in [5, 5.41) is 17.3. The number of carbonyl (C=O) groups excluding carboxylic acids is 1. The Labute approximate surface area is 113 Å². The minimum absolute atomic E-state index is 0.123. The van der Waals surface area contributed by atoms with Crippen molar-refractivity contribution < 1.29 is 19.4 Å². The van der Waals surface area contributed by atoms with Crippen molar-refractivity contribution >= 4 is 12.0 Å². The second kappa shape index (κ2) is 8.71. The summed E-state index contributed by atoms with van der Waals surface area (Å²) < 4.78 is 4.95. The van der Waals surface area contributed by atoms with E-state index in [2.05, 4.69) is 16.0 Å². The molecule has 7 heteroatoms. The highest BCUT2D eigenvalue weighted by atomic mass is 16.5. The molecule has 0 aromatic heterocycles. The summed E-state index contributed by atoms with van der Waals surface area (Å²) in [6.45, 7) is 1.70. The molecule has 0 aliphatic heterocycles. The van der Waals surface area contributed by atoms with Crippen LogP contribution in [0.2, 0.25) is 0 Å². The Morgan fingerprint density at radius 1 is 1.32 bits per heavy atom. The van der Waals surface area contributed by atoms with E-state index < -0.39 is 12.1 Å². The van der Waals surface area contributed by atoms with Crippen LogP contribution in [0, 0.1) is 0 Å². The van der Waals surface area contributed by atoms with Gasteiger partial charge < -0.3 is 25.8 Å². The van der Waals surface area contributed by atoms with Gasteiger partial charge in [0.25, 0.3) is 0 Å². The van der Waals surface area contributed by atoms with E-state index >= 15 is 0 Å². The van der Waals surface area contributed by atoms with Crippen molar-refractivity contribution in [3.8, 4) is 0 Å². The van der Waals surface area contributed by atoms with Crippen molar-refractivity contribution in [2.24, 2.45) is 0 Å². The number of nitrogens with one attached hydrogen (secondary N) is 3. The number of methoxy groups -OCH3 is 1. The Balaban J connectivity index is 1.97. The predicted molar refractivity (Wildman–Crippen MR) is 70.1 cm³/mol. The molecule has 0 aromatic carbocycles. The molecule has 19 heavy (non-hydrogen) atoms. The maximum absolute atomic E-state index is 11.4. The molecule has 110 valence electrons. The number of ether oxygens (including phenoxy) is 1. The SMILES string of the molecule is COC(CNC(=O)NCCCNC1CC1)CC(=O)O. The number of aliphatic carboxylic acids is 1. The number of urea groups is 1. The van der Waals surface area contributed by atoms with Gasteiger partial charge in [0.15, 0.2) is 0 Å². The lowest BCUT2D eigenvalue weighted by Gasteiger charge is -2.14. The van der Waals surface area contributed by atoms with Gasteiger partial charge in [-0.05, 0) is 25.8 Å². The fraction of sp³-hybridized carbons (Fsp3) is 0.833. The van der Waals surface area contributed by atoms with Crippen LogP contribution in [0.3, 0.4) is 0 Å². The quantitative estimate of drug-likeness (QED) is 0.417. The van der Waals surface area contributed by atoms with Crippen LogP contribution in [0.25, 0.3) is 0 Å². The van der Waals surface area contributed by atoms with Crippen molar-refractivity contribution in [2.75, 3.05) is 26.7 Å². The Bertz CT molecular complexity index is 295. The summed E-state index contributed by atoms with van der Waals surface area (Å²) in [6, 6.07) is 0.395. The molecule has 7 nitrogen and oxygen atoms in total. The van der Waals surface area contributed by atoms with Gasteiger partial charge in [-0.3, -0.25) is 4.79 Å². The van der Waals surface area contributed by atoms with Crippen molar-refractivity contribution in [2.45, 2.75) is 37.8 Å². The van der Waals surface area contributed by atoms with Crippen molar-refractivity contribution in [3.63, 3.8) is 0 Å². The predicted octanol–water partition coefficient (Wildman–Crippen LogP) is -0.0826. The lowest BCUT2D eigenvalue weighted by atomic mass is 10.2. The molecule has 0 saturated heterocycles. The molecular formula is C12H23N3O4. The van der Waals surface area contributed by atoms with Crippen LogP contribution in [-0.2, 0) is 9.53 Å². The van der Waals surface area contributed by atoms with Gasteiger partial charge in [0.2, 0.25) is 0 Å². The van der Waals surface area contributed by atoms with Gasteiger partial charge in [-0.2, -0.15) is 0 Å². The van der Waals surface area contributed by atoms with E-state index in [1.165, 1.54) is 20.0 Å².